The molecule has 3 atom stereocenters. The van der Waals surface area contributed by atoms with E-state index in [1.165, 1.54) is 11.6 Å². The second-order valence-electron chi connectivity index (χ2n) is 5.98. The first-order valence-electron chi connectivity index (χ1n) is 7.63. The number of fused-ring (bicyclic) bond motifs is 3. The molecule has 0 saturated heterocycles. The topological polar surface area (TPSA) is 21.3 Å². The minimum Gasteiger partial charge on any atom is -0.497 e. The monoisotopic (exact) mass is 295 g/mol. The van der Waals surface area contributed by atoms with Gasteiger partial charge in [0.05, 0.1) is 13.2 Å². The lowest BCUT2D eigenvalue weighted by atomic mass is 9.77. The number of allylic oxidation sites excluding steroid dienone is 2. The van der Waals surface area contributed by atoms with Gasteiger partial charge in [0.25, 0.3) is 0 Å². The second kappa shape index (κ2) is 5.16. The molecule has 0 aromatic heterocycles. The Morgan fingerprint density at radius 3 is 2.95 bits per heavy atom. The summed E-state index contributed by atoms with van der Waals surface area (Å²) >= 11 is 0. The van der Waals surface area contributed by atoms with Crippen LogP contribution < -0.4 is 10.1 Å². The molecule has 1 aliphatic heterocycles. The third kappa shape index (κ3) is 2.08. The molecule has 2 nitrogen and oxygen atoms in total. The van der Waals surface area contributed by atoms with Crippen LogP contribution in [-0.4, -0.2) is 7.11 Å². The van der Waals surface area contributed by atoms with E-state index in [9.17, 15) is 4.39 Å². The molecule has 0 amide bonds. The van der Waals surface area contributed by atoms with Crippen LogP contribution in [0.4, 0.5) is 10.1 Å². The van der Waals surface area contributed by atoms with Crippen molar-refractivity contribution in [3.05, 3.63) is 71.6 Å². The van der Waals surface area contributed by atoms with Gasteiger partial charge in [0.2, 0.25) is 0 Å². The first-order valence-corrected chi connectivity index (χ1v) is 7.63. The van der Waals surface area contributed by atoms with E-state index < -0.39 is 0 Å². The largest absolute Gasteiger partial charge is 0.497 e. The van der Waals surface area contributed by atoms with Crippen molar-refractivity contribution in [3.8, 4) is 5.75 Å². The first-order chi connectivity index (χ1) is 10.8. The van der Waals surface area contributed by atoms with Gasteiger partial charge in [-0.3, -0.25) is 0 Å². The molecule has 0 spiro atoms. The number of anilines is 1. The van der Waals surface area contributed by atoms with Gasteiger partial charge >= 0.3 is 0 Å². The minimum atomic E-state index is -0.167. The highest BCUT2D eigenvalue weighted by Gasteiger charge is 2.38. The maximum absolute atomic E-state index is 13.6. The Bertz CT molecular complexity index is 740. The van der Waals surface area contributed by atoms with Gasteiger partial charge in [-0.1, -0.05) is 24.3 Å². The van der Waals surface area contributed by atoms with E-state index in [0.717, 1.165) is 23.4 Å². The minimum absolute atomic E-state index is 0.167. The Balaban J connectivity index is 1.77. The van der Waals surface area contributed by atoms with Crippen molar-refractivity contribution < 1.29 is 9.13 Å². The number of hydrogen-bond acceptors (Lipinski definition) is 2. The maximum atomic E-state index is 13.6. The maximum Gasteiger partial charge on any atom is 0.123 e. The highest BCUT2D eigenvalue weighted by atomic mass is 19.1. The van der Waals surface area contributed by atoms with Gasteiger partial charge in [-0.05, 0) is 53.8 Å². The summed E-state index contributed by atoms with van der Waals surface area (Å²) in [5, 5.41) is 3.60. The molecule has 22 heavy (non-hydrogen) atoms. The molecule has 0 bridgehead atoms. The van der Waals surface area contributed by atoms with E-state index in [1.54, 1.807) is 13.2 Å². The average molecular weight is 295 g/mol. The highest BCUT2D eigenvalue weighted by molar-refractivity contribution is 5.60. The summed E-state index contributed by atoms with van der Waals surface area (Å²) in [5.74, 6) is 1.40. The molecule has 1 aliphatic carbocycles. The molecule has 0 saturated carbocycles. The molecule has 1 N–H and O–H groups in total. The summed E-state index contributed by atoms with van der Waals surface area (Å²) in [6.07, 6.45) is 5.44. The van der Waals surface area contributed by atoms with Gasteiger partial charge in [-0.15, -0.1) is 0 Å². The summed E-state index contributed by atoms with van der Waals surface area (Å²) in [7, 11) is 1.69. The van der Waals surface area contributed by atoms with Crippen LogP contribution in [0.5, 0.6) is 5.75 Å². The molecule has 0 unspecified atom stereocenters. The Labute approximate surface area is 129 Å². The Hall–Kier alpha value is -2.29. The number of nitrogens with one attached hydrogen (secondary N) is 1. The number of methoxy groups -OCH3 is 1. The van der Waals surface area contributed by atoms with Crippen LogP contribution >= 0.6 is 0 Å². The van der Waals surface area contributed by atoms with E-state index in [1.807, 2.05) is 18.2 Å². The lowest BCUT2D eigenvalue weighted by Crippen LogP contribution is -2.29. The number of benzene rings is 2. The molecule has 2 aliphatic rings. The fourth-order valence-electron chi connectivity index (χ4n) is 3.73. The standard InChI is InChI=1S/C19H18FNO/c1-22-14-5-2-4-12(10-14)19-16-7-3-6-15(16)17-11-13(20)8-9-18(17)21-19/h2-6,8-11,15-16,19,21H,7H2,1H3/t15-,16+,19-/m0/s1. The quantitative estimate of drug-likeness (QED) is 0.814. The van der Waals surface area contributed by atoms with Crippen molar-refractivity contribution in [1.29, 1.82) is 0 Å². The van der Waals surface area contributed by atoms with Crippen LogP contribution in [-0.2, 0) is 0 Å². The molecule has 112 valence electrons. The summed E-state index contributed by atoms with van der Waals surface area (Å²) in [6.45, 7) is 0. The van der Waals surface area contributed by atoms with E-state index in [-0.39, 0.29) is 17.8 Å². The Morgan fingerprint density at radius 1 is 1.18 bits per heavy atom. The zero-order valence-corrected chi connectivity index (χ0v) is 12.4. The molecule has 4 rings (SSSR count). The van der Waals surface area contributed by atoms with Gasteiger partial charge in [-0.2, -0.15) is 0 Å². The van der Waals surface area contributed by atoms with Crippen LogP contribution in [0, 0.1) is 11.7 Å². The van der Waals surface area contributed by atoms with Crippen LogP contribution in [0.1, 0.15) is 29.5 Å². The van der Waals surface area contributed by atoms with Crippen molar-refractivity contribution in [2.24, 2.45) is 5.92 Å². The smallest absolute Gasteiger partial charge is 0.123 e. The molecular formula is C19H18FNO. The van der Waals surface area contributed by atoms with E-state index >= 15 is 0 Å². The van der Waals surface area contributed by atoms with Gasteiger partial charge in [0, 0.05) is 11.6 Å². The van der Waals surface area contributed by atoms with Gasteiger partial charge in [0.15, 0.2) is 0 Å². The normalized spacial score (nSPS) is 25.3. The van der Waals surface area contributed by atoms with Crippen LogP contribution in [0.2, 0.25) is 0 Å². The molecule has 0 radical (unpaired) electrons. The van der Waals surface area contributed by atoms with Crippen LogP contribution in [0.3, 0.4) is 0 Å². The van der Waals surface area contributed by atoms with Crippen molar-refractivity contribution >= 4 is 5.69 Å². The lowest BCUT2D eigenvalue weighted by molar-refractivity contribution is 0.406. The zero-order chi connectivity index (χ0) is 15.1. The molecular weight excluding hydrogens is 277 g/mol. The molecule has 2 aromatic rings. The lowest BCUT2D eigenvalue weighted by Gasteiger charge is -2.37. The summed E-state index contributed by atoms with van der Waals surface area (Å²) in [5.41, 5.74) is 3.31. The number of halogens is 1. The third-order valence-electron chi connectivity index (χ3n) is 4.78. The van der Waals surface area contributed by atoms with E-state index in [2.05, 4.69) is 29.6 Å². The highest BCUT2D eigenvalue weighted by Crippen LogP contribution is 2.50. The zero-order valence-electron chi connectivity index (χ0n) is 12.4. The van der Waals surface area contributed by atoms with Crippen LogP contribution in [0.25, 0.3) is 0 Å². The second-order valence-corrected chi connectivity index (χ2v) is 5.98. The first kappa shape index (κ1) is 13.4. The summed E-state index contributed by atoms with van der Waals surface area (Å²) in [6, 6.07) is 13.4. The summed E-state index contributed by atoms with van der Waals surface area (Å²) < 4.78 is 19.0. The van der Waals surface area contributed by atoms with Crippen LogP contribution in [0.15, 0.2) is 54.6 Å². The summed E-state index contributed by atoms with van der Waals surface area (Å²) in [4.78, 5) is 0. The Kier molecular flexibility index (Phi) is 3.14. The molecule has 1 heterocycles. The molecule has 0 fully saturated rings. The number of ether oxygens (including phenoxy) is 1. The Morgan fingerprint density at radius 2 is 2.09 bits per heavy atom. The van der Waals surface area contributed by atoms with Crippen molar-refractivity contribution in [1.82, 2.24) is 0 Å². The third-order valence-corrected chi connectivity index (χ3v) is 4.78. The number of hydrogen-bond donors (Lipinski definition) is 1. The SMILES string of the molecule is COc1cccc([C@@H]2Nc3ccc(F)cc3[C@H]3C=CC[C@H]32)c1. The van der Waals surface area contributed by atoms with E-state index in [0.29, 0.717) is 5.92 Å². The number of rotatable bonds is 2. The fraction of sp³-hybridized carbons (Fsp3) is 0.263. The predicted octanol–water partition coefficient (Wildman–Crippen LogP) is 4.66. The van der Waals surface area contributed by atoms with E-state index in [4.69, 9.17) is 4.74 Å². The fourth-order valence-corrected chi connectivity index (χ4v) is 3.73. The predicted molar refractivity (Wildman–Crippen MR) is 85.7 cm³/mol. The van der Waals surface area contributed by atoms with Gasteiger partial charge in [0.1, 0.15) is 11.6 Å². The van der Waals surface area contributed by atoms with Gasteiger partial charge in [-0.25, -0.2) is 4.39 Å². The van der Waals surface area contributed by atoms with Crippen molar-refractivity contribution in [3.63, 3.8) is 0 Å². The average Bonchev–Trinajstić information content (AvgIpc) is 3.04. The van der Waals surface area contributed by atoms with Gasteiger partial charge < -0.3 is 10.1 Å². The molecule has 2 aromatic carbocycles. The molecule has 3 heteroatoms. The van der Waals surface area contributed by atoms with Crippen molar-refractivity contribution in [2.75, 3.05) is 12.4 Å². The van der Waals surface area contributed by atoms with Crippen molar-refractivity contribution in [2.45, 2.75) is 18.4 Å².